The van der Waals surface area contributed by atoms with Crippen LogP contribution in [0.5, 0.6) is 0 Å². The Morgan fingerprint density at radius 2 is 0.667 bits per heavy atom. The van der Waals surface area contributed by atoms with Crippen molar-refractivity contribution in [2.24, 2.45) is 0 Å². The number of carbonyl (C=O) groups is 2. The molecule has 0 saturated heterocycles. The van der Waals surface area contributed by atoms with E-state index in [0.717, 1.165) is 51.4 Å². The predicted octanol–water partition coefficient (Wildman–Crippen LogP) is 12.0. The van der Waals surface area contributed by atoms with Crippen molar-refractivity contribution in [1.82, 2.24) is 4.90 Å². The molecule has 10 nitrogen and oxygen atoms in total. The van der Waals surface area contributed by atoms with Gasteiger partial charge in [0.15, 0.2) is 0 Å². The van der Waals surface area contributed by atoms with Gasteiger partial charge < -0.3 is 33.5 Å². The second-order valence-electron chi connectivity index (χ2n) is 17.0. The molecule has 0 heterocycles. The zero-order chi connectivity index (χ0) is 43.8. The van der Waals surface area contributed by atoms with Crippen molar-refractivity contribution in [3.63, 3.8) is 0 Å². The van der Waals surface area contributed by atoms with E-state index in [0.29, 0.717) is 72.5 Å². The molecular weight excluding hydrogens is 759 g/mol. The largest absolute Gasteiger partial charge is 0.462 e. The lowest BCUT2D eigenvalue weighted by Crippen LogP contribution is -2.34. The molecule has 0 aromatic carbocycles. The minimum absolute atomic E-state index is 0.0261. The molecule has 0 unspecified atom stereocenters. The number of aliphatic hydroxyl groups is 1. The number of ether oxygens (including phenoxy) is 6. The van der Waals surface area contributed by atoms with Gasteiger partial charge in [0.1, 0.15) is 12.2 Å². The summed E-state index contributed by atoms with van der Waals surface area (Å²) in [6.45, 7) is 14.4. The molecule has 10 heteroatoms. The molecule has 358 valence electrons. The first-order chi connectivity index (χ1) is 29.5. The lowest BCUT2D eigenvalue weighted by atomic mass is 10.0. The van der Waals surface area contributed by atoms with Gasteiger partial charge in [-0.15, -0.1) is 0 Å². The zero-order valence-electron chi connectivity index (χ0n) is 40.0. The summed E-state index contributed by atoms with van der Waals surface area (Å²) in [6, 6.07) is 0. The van der Waals surface area contributed by atoms with Crippen LogP contribution in [0.3, 0.4) is 0 Å². The predicted molar refractivity (Wildman–Crippen MR) is 248 cm³/mol. The molecule has 0 aliphatic carbocycles. The van der Waals surface area contributed by atoms with E-state index in [1.807, 2.05) is 0 Å². The molecule has 0 radical (unpaired) electrons. The number of carbonyl (C=O) groups excluding carboxylic acids is 2. The zero-order valence-corrected chi connectivity index (χ0v) is 40.0. The van der Waals surface area contributed by atoms with Crippen LogP contribution in [0.1, 0.15) is 220 Å². The summed E-state index contributed by atoms with van der Waals surface area (Å²) in [5.74, 6) is -0.320. The maximum absolute atomic E-state index is 12.6. The third-order valence-electron chi connectivity index (χ3n) is 11.3. The molecule has 0 aliphatic rings. The van der Waals surface area contributed by atoms with Gasteiger partial charge in [-0.2, -0.15) is 0 Å². The fraction of sp³-hybridized carbons (Fsp3) is 0.960. The Labute approximate surface area is 370 Å². The minimum atomic E-state index is -0.160. The number of aliphatic hydroxyl groups excluding tert-OH is 1. The van der Waals surface area contributed by atoms with Gasteiger partial charge >= 0.3 is 11.9 Å². The standard InChI is InChI=1S/C50H99NO9/c1-5-9-13-17-21-25-29-47(30-26-22-18-14-10-6-2)59-49(53)33-39-55-43-45-57-41-36-51(35-38-52)37-42-58-46-44-56-40-34-50(54)60-48(31-27-23-19-15-11-7-3)32-28-24-20-16-12-8-4/h47-48,52H,5-46H2,1-4H3. The van der Waals surface area contributed by atoms with Crippen LogP contribution < -0.4 is 0 Å². The van der Waals surface area contributed by atoms with Gasteiger partial charge in [-0.25, -0.2) is 0 Å². The minimum Gasteiger partial charge on any atom is -0.462 e. The van der Waals surface area contributed by atoms with E-state index < -0.39 is 0 Å². The Kier molecular flexibility index (Phi) is 47.7. The molecule has 0 saturated carbocycles. The summed E-state index contributed by atoms with van der Waals surface area (Å²) >= 11 is 0. The Bertz CT molecular complexity index is 781. The van der Waals surface area contributed by atoms with Crippen LogP contribution in [0.25, 0.3) is 0 Å². The van der Waals surface area contributed by atoms with E-state index in [4.69, 9.17) is 28.4 Å². The smallest absolute Gasteiger partial charge is 0.308 e. The third kappa shape index (κ3) is 43.4. The van der Waals surface area contributed by atoms with Crippen molar-refractivity contribution in [3.8, 4) is 0 Å². The van der Waals surface area contributed by atoms with Crippen molar-refractivity contribution < 1.29 is 43.1 Å². The molecule has 0 fully saturated rings. The first-order valence-corrected chi connectivity index (χ1v) is 25.5. The average Bonchev–Trinajstić information content (AvgIpc) is 3.24. The van der Waals surface area contributed by atoms with Gasteiger partial charge in [-0.1, -0.05) is 156 Å². The average molecular weight is 858 g/mol. The van der Waals surface area contributed by atoms with Crippen LogP contribution in [0.4, 0.5) is 0 Å². The van der Waals surface area contributed by atoms with E-state index in [1.165, 1.54) is 128 Å². The molecule has 0 spiro atoms. The van der Waals surface area contributed by atoms with Crippen LogP contribution in [0, 0.1) is 0 Å². The molecular formula is C50H99NO9. The summed E-state index contributed by atoms with van der Waals surface area (Å²) in [7, 11) is 0. The molecule has 0 aromatic heterocycles. The Balaban J connectivity index is 4.13. The summed E-state index contributed by atoms with van der Waals surface area (Å²) in [4.78, 5) is 27.3. The highest BCUT2D eigenvalue weighted by Crippen LogP contribution is 2.19. The molecule has 60 heavy (non-hydrogen) atoms. The van der Waals surface area contributed by atoms with E-state index in [2.05, 4.69) is 32.6 Å². The normalized spacial score (nSPS) is 11.7. The molecule has 0 amide bonds. The second kappa shape index (κ2) is 48.7. The molecule has 1 N–H and O–H groups in total. The van der Waals surface area contributed by atoms with E-state index >= 15 is 0 Å². The Morgan fingerprint density at radius 1 is 0.383 bits per heavy atom. The van der Waals surface area contributed by atoms with Crippen LogP contribution in [0.2, 0.25) is 0 Å². The van der Waals surface area contributed by atoms with E-state index in [1.54, 1.807) is 0 Å². The summed E-state index contributed by atoms with van der Waals surface area (Å²) in [5, 5.41) is 9.52. The SMILES string of the molecule is CCCCCCCCC(CCCCCCCC)OC(=O)CCOCCOCCN(CCO)CCOCCOCCC(=O)OC(CCCCCCCC)CCCCCCCC. The number of nitrogens with zero attached hydrogens (tertiary/aromatic N) is 1. The molecule has 0 aromatic rings. The van der Waals surface area contributed by atoms with Crippen molar-refractivity contribution >= 4 is 11.9 Å². The number of unbranched alkanes of at least 4 members (excludes halogenated alkanes) is 20. The van der Waals surface area contributed by atoms with Gasteiger partial charge in [0.05, 0.1) is 72.3 Å². The summed E-state index contributed by atoms with van der Waals surface area (Å²) < 4.78 is 34.7. The van der Waals surface area contributed by atoms with Gasteiger partial charge in [-0.05, 0) is 51.4 Å². The Hall–Kier alpha value is -1.30. The van der Waals surface area contributed by atoms with Gasteiger partial charge in [0.2, 0.25) is 0 Å². The first kappa shape index (κ1) is 58.7. The van der Waals surface area contributed by atoms with Crippen molar-refractivity contribution in [2.75, 3.05) is 79.1 Å². The third-order valence-corrected chi connectivity index (χ3v) is 11.3. The highest BCUT2D eigenvalue weighted by Gasteiger charge is 2.16. The monoisotopic (exact) mass is 858 g/mol. The number of hydrogen-bond acceptors (Lipinski definition) is 10. The van der Waals surface area contributed by atoms with Gasteiger partial charge in [0.25, 0.3) is 0 Å². The van der Waals surface area contributed by atoms with Crippen LogP contribution in [-0.4, -0.2) is 113 Å². The molecule has 0 atom stereocenters. The van der Waals surface area contributed by atoms with Crippen molar-refractivity contribution in [3.05, 3.63) is 0 Å². The fourth-order valence-corrected chi connectivity index (χ4v) is 7.44. The maximum atomic E-state index is 12.6. The Morgan fingerprint density at radius 3 is 0.967 bits per heavy atom. The topological polar surface area (TPSA) is 113 Å². The number of hydrogen-bond donors (Lipinski definition) is 1. The van der Waals surface area contributed by atoms with Crippen molar-refractivity contribution in [2.45, 2.75) is 233 Å². The van der Waals surface area contributed by atoms with E-state index in [9.17, 15) is 14.7 Å². The quantitative estimate of drug-likeness (QED) is 0.0469. The van der Waals surface area contributed by atoms with Gasteiger partial charge in [0, 0.05) is 19.6 Å². The highest BCUT2D eigenvalue weighted by atomic mass is 16.6. The highest BCUT2D eigenvalue weighted by molar-refractivity contribution is 5.70. The fourth-order valence-electron chi connectivity index (χ4n) is 7.44. The van der Waals surface area contributed by atoms with Crippen LogP contribution in [-0.2, 0) is 38.0 Å². The summed E-state index contributed by atoms with van der Waals surface area (Å²) in [5.41, 5.74) is 0. The lowest BCUT2D eigenvalue weighted by molar-refractivity contribution is -0.152. The van der Waals surface area contributed by atoms with Crippen molar-refractivity contribution in [1.29, 1.82) is 0 Å². The maximum Gasteiger partial charge on any atom is 0.308 e. The lowest BCUT2D eigenvalue weighted by Gasteiger charge is -2.21. The number of rotatable bonds is 50. The van der Waals surface area contributed by atoms with Crippen LogP contribution in [0.15, 0.2) is 0 Å². The number of esters is 2. The molecule has 0 bridgehead atoms. The second-order valence-corrected chi connectivity index (χ2v) is 17.0. The van der Waals surface area contributed by atoms with E-state index in [-0.39, 0.29) is 43.6 Å². The summed E-state index contributed by atoms with van der Waals surface area (Å²) in [6.07, 6.45) is 34.4. The van der Waals surface area contributed by atoms with Gasteiger partial charge in [-0.3, -0.25) is 14.5 Å². The first-order valence-electron chi connectivity index (χ1n) is 25.5. The molecule has 0 aliphatic heterocycles. The van der Waals surface area contributed by atoms with Crippen LogP contribution >= 0.6 is 0 Å². The molecule has 0 rings (SSSR count).